The van der Waals surface area contributed by atoms with Crippen LogP contribution < -0.4 is 5.32 Å². The maximum atomic E-state index is 11.8. The Morgan fingerprint density at radius 1 is 1.58 bits per heavy atom. The van der Waals surface area contributed by atoms with Crippen LogP contribution in [0.2, 0.25) is 0 Å². The van der Waals surface area contributed by atoms with Crippen molar-refractivity contribution in [2.45, 2.75) is 19.3 Å². The van der Waals surface area contributed by atoms with Crippen LogP contribution in [0.3, 0.4) is 0 Å². The second-order valence-electron chi connectivity index (χ2n) is 4.73. The predicted octanol–water partition coefficient (Wildman–Crippen LogP) is 1.27. The topological polar surface area (TPSA) is 82.5 Å². The number of nitrogens with one attached hydrogen (secondary N) is 1. The summed E-state index contributed by atoms with van der Waals surface area (Å²) in [6, 6.07) is 0. The monoisotopic (exact) mass is 283 g/mol. The minimum absolute atomic E-state index is 0.0917. The van der Waals surface area contributed by atoms with Crippen molar-refractivity contribution < 1.29 is 14.7 Å². The van der Waals surface area contributed by atoms with E-state index in [0.717, 1.165) is 19.4 Å². The van der Waals surface area contributed by atoms with Crippen LogP contribution in [0.15, 0.2) is 11.6 Å². The van der Waals surface area contributed by atoms with Crippen molar-refractivity contribution >= 4 is 28.3 Å². The Hall–Kier alpha value is -1.47. The van der Waals surface area contributed by atoms with Crippen molar-refractivity contribution in [1.29, 1.82) is 0 Å². The summed E-state index contributed by atoms with van der Waals surface area (Å²) in [5, 5.41) is 13.9. The number of carbonyl (C=O) groups excluding carboxylic acids is 1. The van der Waals surface area contributed by atoms with E-state index >= 15 is 0 Å². The van der Waals surface area contributed by atoms with Crippen LogP contribution in [0.25, 0.3) is 0 Å². The van der Waals surface area contributed by atoms with Crippen molar-refractivity contribution in [2.75, 3.05) is 25.0 Å². The lowest BCUT2D eigenvalue weighted by atomic mass is 9.95. The lowest BCUT2D eigenvalue weighted by molar-refractivity contribution is -0.138. The highest BCUT2D eigenvalue weighted by molar-refractivity contribution is 7.13. The molecule has 19 heavy (non-hydrogen) atoms. The third-order valence-electron chi connectivity index (χ3n) is 3.11. The van der Waals surface area contributed by atoms with Gasteiger partial charge in [0.2, 0.25) is 5.91 Å². The van der Waals surface area contributed by atoms with Crippen molar-refractivity contribution in [3.8, 4) is 0 Å². The number of carboxylic acids is 1. The molecule has 0 aliphatic carbocycles. The van der Waals surface area contributed by atoms with E-state index in [1.54, 1.807) is 11.6 Å². The minimum Gasteiger partial charge on any atom is -0.481 e. The molecule has 7 heteroatoms. The highest BCUT2D eigenvalue weighted by atomic mass is 32.1. The second kappa shape index (κ2) is 6.63. The van der Waals surface area contributed by atoms with E-state index in [1.807, 2.05) is 4.90 Å². The zero-order valence-electron chi connectivity index (χ0n) is 10.5. The number of aromatic nitrogens is 1. The Morgan fingerprint density at radius 3 is 3.11 bits per heavy atom. The first-order valence-electron chi connectivity index (χ1n) is 6.27. The minimum atomic E-state index is -0.765. The Morgan fingerprint density at radius 2 is 2.42 bits per heavy atom. The number of carbonyl (C=O) groups is 2. The molecule has 1 aliphatic rings. The fourth-order valence-corrected chi connectivity index (χ4v) is 2.90. The third kappa shape index (κ3) is 4.60. The molecule has 1 unspecified atom stereocenters. The summed E-state index contributed by atoms with van der Waals surface area (Å²) >= 11 is 1.38. The number of aliphatic carboxylic acids is 1. The van der Waals surface area contributed by atoms with Gasteiger partial charge in [0.05, 0.1) is 6.54 Å². The summed E-state index contributed by atoms with van der Waals surface area (Å²) in [7, 11) is 0. The highest BCUT2D eigenvalue weighted by Crippen LogP contribution is 2.19. The van der Waals surface area contributed by atoms with Crippen LogP contribution in [0.1, 0.15) is 19.3 Å². The number of amides is 1. The standard InChI is InChI=1S/C12H17N3O3S/c16-10(14-12-13-3-5-19-12)8-15-4-1-2-9(7-15)6-11(17)18/h3,5,9H,1-2,4,6-8H2,(H,17,18)(H,13,14,16). The van der Waals surface area contributed by atoms with E-state index in [9.17, 15) is 9.59 Å². The molecule has 0 spiro atoms. The maximum Gasteiger partial charge on any atom is 0.303 e. The average Bonchev–Trinajstić information content (AvgIpc) is 2.81. The van der Waals surface area contributed by atoms with Crippen LogP contribution in [0, 0.1) is 5.92 Å². The number of carboxylic acid groups (broad SMARTS) is 1. The van der Waals surface area contributed by atoms with Crippen molar-refractivity contribution in [2.24, 2.45) is 5.92 Å². The molecule has 6 nitrogen and oxygen atoms in total. The highest BCUT2D eigenvalue weighted by Gasteiger charge is 2.23. The molecule has 1 aliphatic heterocycles. The fraction of sp³-hybridized carbons (Fsp3) is 0.583. The summed E-state index contributed by atoms with van der Waals surface area (Å²) in [6.45, 7) is 1.83. The van der Waals surface area contributed by atoms with E-state index in [4.69, 9.17) is 5.11 Å². The largest absolute Gasteiger partial charge is 0.481 e. The molecule has 104 valence electrons. The second-order valence-corrected chi connectivity index (χ2v) is 5.62. The number of likely N-dealkylation sites (tertiary alicyclic amines) is 1. The molecule has 0 aromatic carbocycles. The molecule has 2 heterocycles. The summed E-state index contributed by atoms with van der Waals surface area (Å²) in [6.07, 6.45) is 3.70. The van der Waals surface area contributed by atoms with Crippen LogP contribution >= 0.6 is 11.3 Å². The number of piperidine rings is 1. The Kier molecular flexibility index (Phi) is 4.86. The lowest BCUT2D eigenvalue weighted by Gasteiger charge is -2.31. The maximum absolute atomic E-state index is 11.8. The Bertz CT molecular complexity index is 435. The molecule has 2 N–H and O–H groups in total. The Balaban J connectivity index is 1.78. The molecule has 2 rings (SSSR count). The molecular weight excluding hydrogens is 266 g/mol. The van der Waals surface area contributed by atoms with E-state index in [1.165, 1.54) is 11.3 Å². The van der Waals surface area contributed by atoms with Gasteiger partial charge in [-0.15, -0.1) is 11.3 Å². The first-order valence-corrected chi connectivity index (χ1v) is 7.15. The third-order valence-corrected chi connectivity index (χ3v) is 3.80. The number of rotatable bonds is 5. The van der Waals surface area contributed by atoms with Gasteiger partial charge < -0.3 is 10.4 Å². The van der Waals surface area contributed by atoms with Gasteiger partial charge in [-0.1, -0.05) is 0 Å². The zero-order chi connectivity index (χ0) is 13.7. The van der Waals surface area contributed by atoms with Gasteiger partial charge in [-0.05, 0) is 25.3 Å². The van der Waals surface area contributed by atoms with Crippen molar-refractivity contribution in [3.63, 3.8) is 0 Å². The number of hydrogen-bond donors (Lipinski definition) is 2. The smallest absolute Gasteiger partial charge is 0.303 e. The molecule has 0 radical (unpaired) electrons. The van der Waals surface area contributed by atoms with Gasteiger partial charge in [0, 0.05) is 24.5 Å². The molecule has 1 saturated heterocycles. The number of nitrogens with zero attached hydrogens (tertiary/aromatic N) is 2. The molecule has 1 atom stereocenters. The normalized spacial score (nSPS) is 20.1. The summed E-state index contributed by atoms with van der Waals surface area (Å²) in [4.78, 5) is 28.5. The molecule has 1 aromatic rings. The van der Waals surface area contributed by atoms with Crippen molar-refractivity contribution in [1.82, 2.24) is 9.88 Å². The zero-order valence-corrected chi connectivity index (χ0v) is 11.4. The predicted molar refractivity (Wildman–Crippen MR) is 72.2 cm³/mol. The number of hydrogen-bond acceptors (Lipinski definition) is 5. The number of anilines is 1. The molecule has 1 amide bonds. The summed E-state index contributed by atoms with van der Waals surface area (Å²) in [5.74, 6) is -0.705. The van der Waals surface area contributed by atoms with Gasteiger partial charge in [-0.2, -0.15) is 0 Å². The molecular formula is C12H17N3O3S. The average molecular weight is 283 g/mol. The molecule has 0 bridgehead atoms. The van der Waals surface area contributed by atoms with E-state index in [0.29, 0.717) is 18.2 Å². The van der Waals surface area contributed by atoms with E-state index in [-0.39, 0.29) is 18.2 Å². The van der Waals surface area contributed by atoms with E-state index in [2.05, 4.69) is 10.3 Å². The first-order chi connectivity index (χ1) is 9.13. The number of thiazole rings is 1. The van der Waals surface area contributed by atoms with Gasteiger partial charge in [0.1, 0.15) is 0 Å². The van der Waals surface area contributed by atoms with Crippen LogP contribution in [0.5, 0.6) is 0 Å². The first kappa shape index (κ1) is 14.0. The van der Waals surface area contributed by atoms with Crippen LogP contribution in [-0.4, -0.2) is 46.5 Å². The molecule has 1 aromatic heterocycles. The van der Waals surface area contributed by atoms with Crippen LogP contribution in [0.4, 0.5) is 5.13 Å². The van der Waals surface area contributed by atoms with Gasteiger partial charge in [-0.25, -0.2) is 4.98 Å². The summed E-state index contributed by atoms with van der Waals surface area (Å²) in [5.41, 5.74) is 0. The fourth-order valence-electron chi connectivity index (χ4n) is 2.36. The lowest BCUT2D eigenvalue weighted by Crippen LogP contribution is -2.41. The molecule has 1 fully saturated rings. The quantitative estimate of drug-likeness (QED) is 0.850. The van der Waals surface area contributed by atoms with Crippen molar-refractivity contribution in [3.05, 3.63) is 11.6 Å². The van der Waals surface area contributed by atoms with Gasteiger partial charge in [-0.3, -0.25) is 14.5 Å². The van der Waals surface area contributed by atoms with Gasteiger partial charge in [0.15, 0.2) is 5.13 Å². The Labute approximate surface area is 115 Å². The SMILES string of the molecule is O=C(O)CC1CCCN(CC(=O)Nc2nccs2)C1. The molecule has 0 saturated carbocycles. The van der Waals surface area contributed by atoms with Crippen LogP contribution in [-0.2, 0) is 9.59 Å². The summed E-state index contributed by atoms with van der Waals surface area (Å²) < 4.78 is 0. The van der Waals surface area contributed by atoms with Gasteiger partial charge in [0.25, 0.3) is 0 Å². The van der Waals surface area contributed by atoms with Gasteiger partial charge >= 0.3 is 5.97 Å². The van der Waals surface area contributed by atoms with E-state index < -0.39 is 5.97 Å².